The van der Waals surface area contributed by atoms with E-state index in [-0.39, 0.29) is 0 Å². The number of likely N-dealkylation sites (tertiary alicyclic amines) is 1. The predicted octanol–water partition coefficient (Wildman–Crippen LogP) is 2.76. The largest absolute Gasteiger partial charge is 0.381 e. The molecule has 1 N–H and O–H groups in total. The van der Waals surface area contributed by atoms with Gasteiger partial charge in [0.15, 0.2) is 0 Å². The molecule has 0 saturated carbocycles. The van der Waals surface area contributed by atoms with E-state index in [4.69, 9.17) is 4.74 Å². The summed E-state index contributed by atoms with van der Waals surface area (Å²) in [5, 5.41) is 3.60. The Morgan fingerprint density at radius 1 is 1.14 bits per heavy atom. The third kappa shape index (κ3) is 3.15. The zero-order valence-electron chi connectivity index (χ0n) is 13.3. The van der Waals surface area contributed by atoms with Crippen molar-refractivity contribution in [1.82, 2.24) is 10.2 Å². The number of nitrogens with zero attached hydrogens (tertiary/aromatic N) is 1. The fraction of sp³-hybridized carbons (Fsp3) is 0.667. The molecule has 2 unspecified atom stereocenters. The van der Waals surface area contributed by atoms with E-state index in [0.29, 0.717) is 18.2 Å². The second-order valence-electron chi connectivity index (χ2n) is 6.40. The highest BCUT2D eigenvalue weighted by atomic mass is 16.5. The Kier molecular flexibility index (Phi) is 4.94. The molecular formula is C18H28N2O. The number of hydrogen-bond acceptors (Lipinski definition) is 3. The first-order valence-electron chi connectivity index (χ1n) is 8.35. The van der Waals surface area contributed by atoms with Crippen molar-refractivity contribution in [2.24, 2.45) is 0 Å². The highest BCUT2D eigenvalue weighted by Crippen LogP contribution is 2.33. The first-order valence-corrected chi connectivity index (χ1v) is 8.35. The van der Waals surface area contributed by atoms with Gasteiger partial charge in [-0.3, -0.25) is 4.90 Å². The monoisotopic (exact) mass is 288 g/mol. The van der Waals surface area contributed by atoms with Gasteiger partial charge >= 0.3 is 0 Å². The maximum absolute atomic E-state index is 5.52. The topological polar surface area (TPSA) is 24.5 Å². The molecular weight excluding hydrogens is 260 g/mol. The van der Waals surface area contributed by atoms with Crippen molar-refractivity contribution in [2.75, 3.05) is 27.2 Å². The molecule has 116 valence electrons. The minimum atomic E-state index is 0.461. The van der Waals surface area contributed by atoms with E-state index >= 15 is 0 Å². The van der Waals surface area contributed by atoms with E-state index in [2.05, 4.69) is 41.5 Å². The van der Waals surface area contributed by atoms with E-state index in [9.17, 15) is 0 Å². The predicted molar refractivity (Wildman–Crippen MR) is 86.6 cm³/mol. The Labute approximate surface area is 128 Å². The molecule has 2 atom stereocenters. The van der Waals surface area contributed by atoms with Crippen LogP contribution in [0, 0.1) is 0 Å². The lowest BCUT2D eigenvalue weighted by Crippen LogP contribution is -2.48. The van der Waals surface area contributed by atoms with Gasteiger partial charge < -0.3 is 10.1 Å². The van der Waals surface area contributed by atoms with Crippen LogP contribution < -0.4 is 5.32 Å². The maximum atomic E-state index is 5.52. The lowest BCUT2D eigenvalue weighted by molar-refractivity contribution is 0.0194. The number of rotatable bonds is 3. The average Bonchev–Trinajstić information content (AvgIpc) is 2.74. The summed E-state index contributed by atoms with van der Waals surface area (Å²) in [5.74, 6) is 0. The van der Waals surface area contributed by atoms with Crippen LogP contribution in [0.25, 0.3) is 0 Å². The van der Waals surface area contributed by atoms with Gasteiger partial charge in [-0.2, -0.15) is 0 Å². The third-order valence-corrected chi connectivity index (χ3v) is 5.31. The molecule has 3 heteroatoms. The van der Waals surface area contributed by atoms with E-state index < -0.39 is 0 Å². The summed E-state index contributed by atoms with van der Waals surface area (Å²) in [6.07, 6.45) is 6.62. The molecule has 1 fully saturated rings. The second-order valence-corrected chi connectivity index (χ2v) is 6.40. The number of piperidine rings is 1. The van der Waals surface area contributed by atoms with Gasteiger partial charge in [-0.15, -0.1) is 0 Å². The van der Waals surface area contributed by atoms with E-state index in [0.717, 1.165) is 0 Å². The Morgan fingerprint density at radius 2 is 1.90 bits per heavy atom. The average molecular weight is 288 g/mol. The number of fused-ring (bicyclic) bond motifs is 1. The molecule has 2 aliphatic rings. The summed E-state index contributed by atoms with van der Waals surface area (Å²) < 4.78 is 5.52. The number of likely N-dealkylation sites (N-methyl/N-ethyl adjacent to an activating group) is 1. The van der Waals surface area contributed by atoms with Crippen LogP contribution in [0.15, 0.2) is 24.3 Å². The highest BCUT2D eigenvalue weighted by Gasteiger charge is 2.33. The number of nitrogens with one attached hydrogen (secondary N) is 1. The molecule has 0 bridgehead atoms. The molecule has 1 aliphatic heterocycles. The van der Waals surface area contributed by atoms with Crippen molar-refractivity contribution in [2.45, 2.75) is 50.3 Å². The lowest BCUT2D eigenvalue weighted by atomic mass is 9.93. The van der Waals surface area contributed by atoms with Crippen LogP contribution in [-0.4, -0.2) is 44.3 Å². The first-order chi connectivity index (χ1) is 10.3. The van der Waals surface area contributed by atoms with Crippen LogP contribution in [0.4, 0.5) is 0 Å². The molecule has 1 aliphatic carbocycles. The van der Waals surface area contributed by atoms with Crippen LogP contribution in [-0.2, 0) is 11.2 Å². The molecule has 0 spiro atoms. The quantitative estimate of drug-likeness (QED) is 0.866. The molecule has 21 heavy (non-hydrogen) atoms. The normalized spacial score (nSPS) is 28.1. The van der Waals surface area contributed by atoms with Crippen LogP contribution in [0.1, 0.15) is 42.9 Å². The molecule has 1 saturated heterocycles. The summed E-state index contributed by atoms with van der Waals surface area (Å²) >= 11 is 0. The summed E-state index contributed by atoms with van der Waals surface area (Å²) in [6.45, 7) is 2.34. The number of aryl methyl sites for hydroxylation is 1. The first kappa shape index (κ1) is 15.0. The molecule has 3 nitrogen and oxygen atoms in total. The van der Waals surface area contributed by atoms with E-state index in [1.54, 1.807) is 0 Å². The second kappa shape index (κ2) is 6.91. The summed E-state index contributed by atoms with van der Waals surface area (Å²) in [6, 6.07) is 10.1. The number of methoxy groups -OCH3 is 1. The van der Waals surface area contributed by atoms with Gasteiger partial charge in [0.25, 0.3) is 0 Å². The smallest absolute Gasteiger partial charge is 0.0595 e. The molecule has 0 amide bonds. The fourth-order valence-corrected chi connectivity index (χ4v) is 4.13. The van der Waals surface area contributed by atoms with Crippen LogP contribution >= 0.6 is 0 Å². The van der Waals surface area contributed by atoms with Crippen molar-refractivity contribution in [1.29, 1.82) is 0 Å². The molecule has 3 rings (SSSR count). The van der Waals surface area contributed by atoms with Crippen molar-refractivity contribution in [3.63, 3.8) is 0 Å². The van der Waals surface area contributed by atoms with Gasteiger partial charge in [0.05, 0.1) is 6.10 Å². The summed E-state index contributed by atoms with van der Waals surface area (Å²) in [5.41, 5.74) is 3.04. The maximum Gasteiger partial charge on any atom is 0.0595 e. The van der Waals surface area contributed by atoms with E-state index in [1.807, 2.05) is 7.11 Å². The number of ether oxygens (including phenoxy) is 1. The van der Waals surface area contributed by atoms with Gasteiger partial charge in [-0.25, -0.2) is 0 Å². The van der Waals surface area contributed by atoms with Crippen LogP contribution in [0.3, 0.4) is 0 Å². The molecule has 1 aromatic rings. The Hall–Kier alpha value is -0.900. The van der Waals surface area contributed by atoms with Gasteiger partial charge in [-0.1, -0.05) is 24.3 Å². The van der Waals surface area contributed by atoms with Crippen LogP contribution in [0.5, 0.6) is 0 Å². The lowest BCUT2D eigenvalue weighted by Gasteiger charge is -2.40. The van der Waals surface area contributed by atoms with Crippen molar-refractivity contribution < 1.29 is 4.74 Å². The van der Waals surface area contributed by atoms with Crippen molar-refractivity contribution >= 4 is 0 Å². The molecule has 0 aromatic heterocycles. The molecule has 0 radical (unpaired) electrons. The van der Waals surface area contributed by atoms with Crippen molar-refractivity contribution in [3.05, 3.63) is 35.4 Å². The Balaban J connectivity index is 1.79. The third-order valence-electron chi connectivity index (χ3n) is 5.31. The number of hydrogen-bond donors (Lipinski definition) is 1. The summed E-state index contributed by atoms with van der Waals surface area (Å²) in [4.78, 5) is 2.69. The Bertz CT molecular complexity index is 454. The number of benzene rings is 1. The highest BCUT2D eigenvalue weighted by molar-refractivity contribution is 5.32. The summed E-state index contributed by atoms with van der Waals surface area (Å²) in [7, 11) is 3.96. The fourth-order valence-electron chi connectivity index (χ4n) is 4.13. The van der Waals surface area contributed by atoms with Gasteiger partial charge in [0, 0.05) is 32.3 Å². The van der Waals surface area contributed by atoms with Gasteiger partial charge in [0.1, 0.15) is 0 Å². The van der Waals surface area contributed by atoms with Gasteiger partial charge in [0.2, 0.25) is 0 Å². The zero-order valence-corrected chi connectivity index (χ0v) is 13.3. The molecule has 1 heterocycles. The SMILES string of the molecule is CNC1c2ccccc2CCCC1N1CCC(OC)CC1. The standard InChI is InChI=1S/C18H28N2O/c1-19-18-16-8-4-3-6-14(16)7-5-9-17(18)20-12-10-15(21-2)11-13-20/h3-4,6,8,15,17-19H,5,7,9-13H2,1-2H3. The minimum Gasteiger partial charge on any atom is -0.381 e. The van der Waals surface area contributed by atoms with E-state index in [1.165, 1.54) is 56.3 Å². The Morgan fingerprint density at radius 3 is 2.62 bits per heavy atom. The minimum absolute atomic E-state index is 0.461. The molecule has 1 aromatic carbocycles. The van der Waals surface area contributed by atoms with Crippen molar-refractivity contribution in [3.8, 4) is 0 Å². The zero-order chi connectivity index (χ0) is 14.7. The van der Waals surface area contributed by atoms with Gasteiger partial charge in [-0.05, 0) is 50.3 Å². The van der Waals surface area contributed by atoms with Crippen LogP contribution in [0.2, 0.25) is 0 Å².